The molecule has 0 saturated heterocycles. The molecule has 0 spiro atoms. The summed E-state index contributed by atoms with van der Waals surface area (Å²) in [5, 5.41) is 1.30. The second kappa shape index (κ2) is 7.13. The van der Waals surface area contributed by atoms with Gasteiger partial charge in [0.25, 0.3) is 0 Å². The molecule has 1 amide bonds. The molecular formula is C17H19Cl2N3O2. The topological polar surface area (TPSA) is 47.4 Å². The van der Waals surface area contributed by atoms with Crippen molar-refractivity contribution in [2.45, 2.75) is 33.0 Å². The molecule has 2 heterocycles. The second-order valence-electron chi connectivity index (χ2n) is 5.87. The van der Waals surface area contributed by atoms with Gasteiger partial charge in [0.15, 0.2) is 0 Å². The number of fused-ring (bicyclic) bond motifs is 1. The van der Waals surface area contributed by atoms with Crippen LogP contribution in [0.4, 0.5) is 0 Å². The number of methoxy groups -OCH3 is 1. The SMILES string of the molecule is COCc1nc2c(n1Cc1cc(Cl)ccc1Cl)CN(C(C)=O)CC2. The highest BCUT2D eigenvalue weighted by Crippen LogP contribution is 2.26. The Kier molecular flexibility index (Phi) is 5.13. The third-order valence-electron chi connectivity index (χ3n) is 4.25. The minimum Gasteiger partial charge on any atom is -0.377 e. The van der Waals surface area contributed by atoms with E-state index in [1.807, 2.05) is 11.0 Å². The molecule has 0 aliphatic carbocycles. The Bertz CT molecular complexity index is 773. The van der Waals surface area contributed by atoms with Crippen molar-refractivity contribution in [3.63, 3.8) is 0 Å². The van der Waals surface area contributed by atoms with E-state index in [9.17, 15) is 4.79 Å². The third-order valence-corrected chi connectivity index (χ3v) is 4.85. The van der Waals surface area contributed by atoms with Gasteiger partial charge in [-0.2, -0.15) is 0 Å². The molecule has 3 rings (SSSR count). The van der Waals surface area contributed by atoms with Crippen LogP contribution in [-0.4, -0.2) is 34.0 Å². The summed E-state index contributed by atoms with van der Waals surface area (Å²) in [5.74, 6) is 0.909. The van der Waals surface area contributed by atoms with Gasteiger partial charge in [-0.3, -0.25) is 4.79 Å². The lowest BCUT2D eigenvalue weighted by Gasteiger charge is -2.26. The van der Waals surface area contributed by atoms with Crippen LogP contribution in [0, 0.1) is 0 Å². The van der Waals surface area contributed by atoms with Crippen LogP contribution in [0.3, 0.4) is 0 Å². The minimum absolute atomic E-state index is 0.0717. The summed E-state index contributed by atoms with van der Waals surface area (Å²) in [6.07, 6.45) is 0.752. The molecule has 0 atom stereocenters. The number of carbonyl (C=O) groups is 1. The monoisotopic (exact) mass is 367 g/mol. The van der Waals surface area contributed by atoms with Gasteiger partial charge in [0, 0.05) is 37.0 Å². The molecule has 0 bridgehead atoms. The standard InChI is InChI=1S/C17H19Cl2N3O2/c1-11(23)21-6-5-15-16(9-21)22(17(20-15)10-24-2)8-12-7-13(18)3-4-14(12)19/h3-4,7H,5-6,8-10H2,1-2H3. The predicted octanol–water partition coefficient (Wildman–Crippen LogP) is 3.29. The molecule has 0 N–H and O–H groups in total. The molecule has 128 valence electrons. The summed E-state index contributed by atoms with van der Waals surface area (Å²) < 4.78 is 7.38. The number of hydrogen-bond acceptors (Lipinski definition) is 3. The number of amides is 1. The van der Waals surface area contributed by atoms with Crippen LogP contribution in [0.15, 0.2) is 18.2 Å². The van der Waals surface area contributed by atoms with Crippen LogP contribution in [0.25, 0.3) is 0 Å². The van der Waals surface area contributed by atoms with Gasteiger partial charge in [0.2, 0.25) is 5.91 Å². The summed E-state index contributed by atoms with van der Waals surface area (Å²) >= 11 is 12.4. The van der Waals surface area contributed by atoms with Crippen molar-refractivity contribution < 1.29 is 9.53 Å². The van der Waals surface area contributed by atoms with Gasteiger partial charge in [-0.1, -0.05) is 23.2 Å². The quantitative estimate of drug-likeness (QED) is 0.832. The number of benzene rings is 1. The number of nitrogens with zero attached hydrogens (tertiary/aromatic N) is 3. The van der Waals surface area contributed by atoms with Crippen molar-refractivity contribution in [2.24, 2.45) is 0 Å². The van der Waals surface area contributed by atoms with Crippen LogP contribution < -0.4 is 0 Å². The number of ether oxygens (including phenoxy) is 1. The van der Waals surface area contributed by atoms with Crippen LogP contribution in [-0.2, 0) is 35.6 Å². The Morgan fingerprint density at radius 1 is 1.38 bits per heavy atom. The average molecular weight is 368 g/mol. The molecule has 0 unspecified atom stereocenters. The number of imidazole rings is 1. The van der Waals surface area contributed by atoms with E-state index in [0.717, 1.165) is 29.2 Å². The molecule has 1 aromatic heterocycles. The Morgan fingerprint density at radius 2 is 2.17 bits per heavy atom. The van der Waals surface area contributed by atoms with Gasteiger partial charge in [-0.25, -0.2) is 4.98 Å². The third kappa shape index (κ3) is 3.43. The van der Waals surface area contributed by atoms with E-state index in [-0.39, 0.29) is 5.91 Å². The molecule has 1 aliphatic rings. The van der Waals surface area contributed by atoms with E-state index in [0.29, 0.717) is 36.3 Å². The Hall–Kier alpha value is -1.56. The first kappa shape index (κ1) is 17.3. The summed E-state index contributed by atoms with van der Waals surface area (Å²) in [6, 6.07) is 5.42. The summed E-state index contributed by atoms with van der Waals surface area (Å²) in [6.45, 7) is 3.80. The van der Waals surface area contributed by atoms with Gasteiger partial charge in [-0.05, 0) is 23.8 Å². The number of carbonyl (C=O) groups excluding carboxylic acids is 1. The largest absolute Gasteiger partial charge is 0.377 e. The molecule has 1 aliphatic heterocycles. The zero-order valence-electron chi connectivity index (χ0n) is 13.7. The number of aromatic nitrogens is 2. The fraction of sp³-hybridized carbons (Fsp3) is 0.412. The maximum atomic E-state index is 11.7. The molecule has 7 heteroatoms. The van der Waals surface area contributed by atoms with Crippen LogP contribution >= 0.6 is 23.2 Å². The lowest BCUT2D eigenvalue weighted by Crippen LogP contribution is -2.35. The molecule has 24 heavy (non-hydrogen) atoms. The van der Waals surface area contributed by atoms with Gasteiger partial charge < -0.3 is 14.2 Å². The fourth-order valence-electron chi connectivity index (χ4n) is 3.00. The lowest BCUT2D eigenvalue weighted by molar-refractivity contribution is -0.129. The second-order valence-corrected chi connectivity index (χ2v) is 6.71. The van der Waals surface area contributed by atoms with Gasteiger partial charge in [-0.15, -0.1) is 0 Å². The smallest absolute Gasteiger partial charge is 0.219 e. The van der Waals surface area contributed by atoms with Crippen molar-refractivity contribution in [3.05, 3.63) is 51.0 Å². The van der Waals surface area contributed by atoms with Crippen LogP contribution in [0.5, 0.6) is 0 Å². The predicted molar refractivity (Wildman–Crippen MR) is 93.3 cm³/mol. The normalized spacial score (nSPS) is 13.9. The first-order valence-electron chi connectivity index (χ1n) is 7.75. The first-order chi connectivity index (χ1) is 11.5. The van der Waals surface area contributed by atoms with E-state index in [1.54, 1.807) is 26.2 Å². The molecule has 0 radical (unpaired) electrons. The summed E-state index contributed by atoms with van der Waals surface area (Å²) in [4.78, 5) is 18.3. The van der Waals surface area contributed by atoms with Crippen molar-refractivity contribution in [2.75, 3.05) is 13.7 Å². The van der Waals surface area contributed by atoms with E-state index in [1.165, 1.54) is 0 Å². The highest BCUT2D eigenvalue weighted by atomic mass is 35.5. The summed E-state index contributed by atoms with van der Waals surface area (Å²) in [5.41, 5.74) is 2.99. The zero-order chi connectivity index (χ0) is 17.3. The lowest BCUT2D eigenvalue weighted by atomic mass is 10.1. The number of hydrogen-bond donors (Lipinski definition) is 0. The zero-order valence-corrected chi connectivity index (χ0v) is 15.2. The van der Waals surface area contributed by atoms with Crippen molar-refractivity contribution in [1.82, 2.24) is 14.5 Å². The molecule has 5 nitrogen and oxygen atoms in total. The molecule has 2 aromatic rings. The van der Waals surface area contributed by atoms with Gasteiger partial charge in [0.05, 0.1) is 24.5 Å². The van der Waals surface area contributed by atoms with Gasteiger partial charge >= 0.3 is 0 Å². The Labute approximate surface area is 151 Å². The molecular weight excluding hydrogens is 349 g/mol. The maximum absolute atomic E-state index is 11.7. The Morgan fingerprint density at radius 3 is 2.88 bits per heavy atom. The molecule has 0 saturated carbocycles. The molecule has 0 fully saturated rings. The van der Waals surface area contributed by atoms with Gasteiger partial charge in [0.1, 0.15) is 12.4 Å². The van der Waals surface area contributed by atoms with E-state index in [2.05, 4.69) is 4.57 Å². The molecule has 1 aromatic carbocycles. The van der Waals surface area contributed by atoms with Crippen LogP contribution in [0.2, 0.25) is 10.0 Å². The number of halogens is 2. The maximum Gasteiger partial charge on any atom is 0.219 e. The van der Waals surface area contributed by atoms with E-state index in [4.69, 9.17) is 32.9 Å². The van der Waals surface area contributed by atoms with E-state index >= 15 is 0 Å². The van der Waals surface area contributed by atoms with Crippen molar-refractivity contribution in [1.29, 1.82) is 0 Å². The van der Waals surface area contributed by atoms with Crippen molar-refractivity contribution in [3.8, 4) is 0 Å². The highest BCUT2D eigenvalue weighted by molar-refractivity contribution is 6.33. The van der Waals surface area contributed by atoms with Crippen LogP contribution in [0.1, 0.15) is 29.7 Å². The number of rotatable bonds is 4. The van der Waals surface area contributed by atoms with Crippen molar-refractivity contribution >= 4 is 29.1 Å². The highest BCUT2D eigenvalue weighted by Gasteiger charge is 2.25. The minimum atomic E-state index is 0.0717. The van der Waals surface area contributed by atoms with E-state index < -0.39 is 0 Å². The summed E-state index contributed by atoms with van der Waals surface area (Å²) in [7, 11) is 1.65. The average Bonchev–Trinajstić information content (AvgIpc) is 2.88. The fourth-order valence-corrected chi connectivity index (χ4v) is 3.37. The Balaban J connectivity index is 2.00. The first-order valence-corrected chi connectivity index (χ1v) is 8.50.